The van der Waals surface area contributed by atoms with E-state index in [4.69, 9.17) is 5.73 Å². The maximum absolute atomic E-state index is 12.1. The van der Waals surface area contributed by atoms with E-state index in [1.807, 2.05) is 13.0 Å². The molecule has 0 spiro atoms. The van der Waals surface area contributed by atoms with Gasteiger partial charge in [0.2, 0.25) is 5.91 Å². The average Bonchev–Trinajstić information content (AvgIpc) is 2.87. The smallest absolute Gasteiger partial charge is 0.240 e. The third kappa shape index (κ3) is 3.81. The fourth-order valence-electron chi connectivity index (χ4n) is 2.45. The zero-order valence-corrected chi connectivity index (χ0v) is 12.4. The van der Waals surface area contributed by atoms with E-state index in [1.165, 1.54) is 5.56 Å². The number of hydrogen-bond donors (Lipinski definition) is 2. The molecule has 2 unspecified atom stereocenters. The number of amides is 1. The Balaban J connectivity index is 1.82. The van der Waals surface area contributed by atoms with Crippen molar-refractivity contribution in [2.45, 2.75) is 44.8 Å². The molecule has 1 aromatic rings. The molecule has 20 heavy (non-hydrogen) atoms. The Kier molecular flexibility index (Phi) is 4.78. The molecule has 2 atom stereocenters. The molecule has 3 N–H and O–H groups in total. The van der Waals surface area contributed by atoms with Crippen LogP contribution in [0.25, 0.3) is 0 Å². The number of hydrogen-bond acceptors (Lipinski definition) is 3. The summed E-state index contributed by atoms with van der Waals surface area (Å²) in [6.45, 7) is 6.60. The van der Waals surface area contributed by atoms with E-state index in [-0.39, 0.29) is 11.9 Å². The van der Waals surface area contributed by atoms with E-state index < -0.39 is 5.54 Å². The summed E-state index contributed by atoms with van der Waals surface area (Å²) < 4.78 is 0. The van der Waals surface area contributed by atoms with Gasteiger partial charge in [-0.05, 0) is 25.3 Å². The zero-order chi connectivity index (χ0) is 14.6. The zero-order valence-electron chi connectivity index (χ0n) is 12.4. The first-order valence-electron chi connectivity index (χ1n) is 7.37. The van der Waals surface area contributed by atoms with Gasteiger partial charge in [-0.1, -0.05) is 37.3 Å². The summed E-state index contributed by atoms with van der Waals surface area (Å²) in [7, 11) is 0. The van der Waals surface area contributed by atoms with Crippen molar-refractivity contribution in [3.63, 3.8) is 0 Å². The van der Waals surface area contributed by atoms with Gasteiger partial charge in [-0.3, -0.25) is 9.69 Å². The van der Waals surface area contributed by atoms with Crippen LogP contribution in [0.5, 0.6) is 0 Å². The highest BCUT2D eigenvalue weighted by Gasteiger charge is 2.30. The van der Waals surface area contributed by atoms with Crippen LogP contribution in [-0.4, -0.2) is 35.5 Å². The summed E-state index contributed by atoms with van der Waals surface area (Å²) in [5, 5.41) is 3.08. The molecule has 1 heterocycles. The molecule has 0 aromatic heterocycles. The highest BCUT2D eigenvalue weighted by molar-refractivity contribution is 5.85. The first kappa shape index (κ1) is 15.0. The highest BCUT2D eigenvalue weighted by atomic mass is 16.2. The second-order valence-electron chi connectivity index (χ2n) is 5.95. The number of rotatable bonds is 5. The van der Waals surface area contributed by atoms with Crippen LogP contribution in [0.4, 0.5) is 0 Å². The minimum atomic E-state index is -0.757. The molecule has 4 nitrogen and oxygen atoms in total. The third-order valence-electron chi connectivity index (χ3n) is 4.11. The van der Waals surface area contributed by atoms with Crippen molar-refractivity contribution in [2.24, 2.45) is 5.73 Å². The number of nitrogens with zero attached hydrogens (tertiary/aromatic N) is 1. The molecular weight excluding hydrogens is 250 g/mol. The van der Waals surface area contributed by atoms with Crippen molar-refractivity contribution < 1.29 is 4.79 Å². The molecule has 1 aliphatic heterocycles. The SMILES string of the molecule is CCC(C)(N)C(=O)NC1CCN(Cc2ccccc2)C1. The van der Waals surface area contributed by atoms with Crippen LogP contribution in [0.1, 0.15) is 32.3 Å². The van der Waals surface area contributed by atoms with E-state index in [1.54, 1.807) is 6.92 Å². The molecule has 0 radical (unpaired) electrons. The summed E-state index contributed by atoms with van der Waals surface area (Å²) in [5.74, 6) is -0.0356. The van der Waals surface area contributed by atoms with E-state index in [2.05, 4.69) is 34.5 Å². The summed E-state index contributed by atoms with van der Waals surface area (Å²) >= 11 is 0. The number of benzene rings is 1. The lowest BCUT2D eigenvalue weighted by atomic mass is 9.99. The second kappa shape index (κ2) is 6.37. The maximum atomic E-state index is 12.1. The summed E-state index contributed by atoms with van der Waals surface area (Å²) in [6, 6.07) is 10.7. The van der Waals surface area contributed by atoms with Crippen LogP contribution in [0.2, 0.25) is 0 Å². The van der Waals surface area contributed by atoms with Crippen molar-refractivity contribution in [2.75, 3.05) is 13.1 Å². The molecule has 1 aromatic carbocycles. The van der Waals surface area contributed by atoms with Gasteiger partial charge in [-0.15, -0.1) is 0 Å². The standard InChI is InChI=1S/C16H25N3O/c1-3-16(2,17)15(20)18-14-9-10-19(12-14)11-13-7-5-4-6-8-13/h4-8,14H,3,9-12,17H2,1-2H3,(H,18,20). The largest absolute Gasteiger partial charge is 0.350 e. The number of carbonyl (C=O) groups excluding carboxylic acids is 1. The predicted molar refractivity (Wildman–Crippen MR) is 81.2 cm³/mol. The Morgan fingerprint density at radius 2 is 2.15 bits per heavy atom. The number of carbonyl (C=O) groups is 1. The van der Waals surface area contributed by atoms with E-state index in [0.29, 0.717) is 6.42 Å². The third-order valence-corrected chi connectivity index (χ3v) is 4.11. The van der Waals surface area contributed by atoms with Crippen molar-refractivity contribution >= 4 is 5.91 Å². The molecule has 1 fully saturated rings. The average molecular weight is 275 g/mol. The van der Waals surface area contributed by atoms with Crippen LogP contribution < -0.4 is 11.1 Å². The number of nitrogens with two attached hydrogens (primary N) is 1. The summed E-state index contributed by atoms with van der Waals surface area (Å²) in [6.07, 6.45) is 1.65. The molecule has 2 rings (SSSR count). The number of likely N-dealkylation sites (tertiary alicyclic amines) is 1. The van der Waals surface area contributed by atoms with Crippen molar-refractivity contribution in [3.8, 4) is 0 Å². The van der Waals surface area contributed by atoms with Crippen LogP contribution in [-0.2, 0) is 11.3 Å². The Morgan fingerprint density at radius 3 is 2.80 bits per heavy atom. The fourth-order valence-corrected chi connectivity index (χ4v) is 2.45. The van der Waals surface area contributed by atoms with E-state index in [0.717, 1.165) is 26.1 Å². The van der Waals surface area contributed by atoms with Crippen LogP contribution in [0.3, 0.4) is 0 Å². The molecule has 0 aliphatic carbocycles. The Hall–Kier alpha value is -1.39. The lowest BCUT2D eigenvalue weighted by molar-refractivity contribution is -0.126. The van der Waals surface area contributed by atoms with Crippen LogP contribution in [0.15, 0.2) is 30.3 Å². The molecule has 1 aliphatic rings. The summed E-state index contributed by atoms with van der Waals surface area (Å²) in [5.41, 5.74) is 6.53. The fraction of sp³-hybridized carbons (Fsp3) is 0.562. The lowest BCUT2D eigenvalue weighted by Gasteiger charge is -2.24. The monoisotopic (exact) mass is 275 g/mol. The van der Waals surface area contributed by atoms with Gasteiger partial charge in [0.05, 0.1) is 5.54 Å². The Bertz CT molecular complexity index is 444. The van der Waals surface area contributed by atoms with Gasteiger partial charge in [0.1, 0.15) is 0 Å². The minimum Gasteiger partial charge on any atom is -0.350 e. The van der Waals surface area contributed by atoms with Crippen molar-refractivity contribution in [1.29, 1.82) is 0 Å². The lowest BCUT2D eigenvalue weighted by Crippen LogP contribution is -2.54. The van der Waals surface area contributed by atoms with Gasteiger partial charge < -0.3 is 11.1 Å². The van der Waals surface area contributed by atoms with Gasteiger partial charge >= 0.3 is 0 Å². The van der Waals surface area contributed by atoms with Gasteiger partial charge in [0, 0.05) is 25.7 Å². The minimum absolute atomic E-state index is 0.0356. The molecule has 1 amide bonds. The van der Waals surface area contributed by atoms with E-state index in [9.17, 15) is 4.79 Å². The second-order valence-corrected chi connectivity index (χ2v) is 5.95. The molecule has 1 saturated heterocycles. The topological polar surface area (TPSA) is 58.4 Å². The van der Waals surface area contributed by atoms with Crippen LogP contribution in [0, 0.1) is 0 Å². The predicted octanol–water partition coefficient (Wildman–Crippen LogP) is 1.50. The van der Waals surface area contributed by atoms with Crippen LogP contribution >= 0.6 is 0 Å². The molecule has 0 bridgehead atoms. The molecule has 0 saturated carbocycles. The molecule has 110 valence electrons. The summed E-state index contributed by atoms with van der Waals surface area (Å²) in [4.78, 5) is 14.4. The molecular formula is C16H25N3O. The highest BCUT2D eigenvalue weighted by Crippen LogP contribution is 2.14. The quantitative estimate of drug-likeness (QED) is 0.856. The van der Waals surface area contributed by atoms with Gasteiger partial charge in [0.25, 0.3) is 0 Å². The van der Waals surface area contributed by atoms with Gasteiger partial charge in [0.15, 0.2) is 0 Å². The van der Waals surface area contributed by atoms with E-state index >= 15 is 0 Å². The number of nitrogens with one attached hydrogen (secondary N) is 1. The maximum Gasteiger partial charge on any atom is 0.240 e. The first-order chi connectivity index (χ1) is 9.51. The molecule has 4 heteroatoms. The van der Waals surface area contributed by atoms with Gasteiger partial charge in [-0.25, -0.2) is 0 Å². The van der Waals surface area contributed by atoms with Crippen molar-refractivity contribution in [1.82, 2.24) is 10.2 Å². The Morgan fingerprint density at radius 1 is 1.45 bits per heavy atom. The first-order valence-corrected chi connectivity index (χ1v) is 7.37. The normalized spacial score (nSPS) is 22.4. The Labute approximate surface area is 121 Å². The van der Waals surface area contributed by atoms with Gasteiger partial charge in [-0.2, -0.15) is 0 Å². The van der Waals surface area contributed by atoms with Crippen molar-refractivity contribution in [3.05, 3.63) is 35.9 Å².